The number of hydrogen-bond acceptors (Lipinski definition) is 3. The van der Waals surface area contributed by atoms with Crippen molar-refractivity contribution in [2.75, 3.05) is 12.4 Å². The number of hydrogen-bond donors (Lipinski definition) is 1. The molecule has 1 N–H and O–H groups in total. The number of carbonyl (C=O) groups is 1. The number of carbonyl (C=O) groups excluding carboxylic acids is 1. The van der Waals surface area contributed by atoms with Crippen LogP contribution < -0.4 is 10.1 Å². The van der Waals surface area contributed by atoms with E-state index in [-0.39, 0.29) is 11.9 Å². The average Bonchev–Trinajstić information content (AvgIpc) is 2.29. The van der Waals surface area contributed by atoms with Gasteiger partial charge in [0.25, 0.3) is 5.91 Å². The Hall–Kier alpha value is -1.10. The Morgan fingerprint density at radius 3 is 3.06 bits per heavy atom. The molecule has 1 unspecified atom stereocenters. The van der Waals surface area contributed by atoms with Crippen LogP contribution in [-0.2, 0) is 0 Å². The molecule has 0 aliphatic rings. The molecule has 0 fully saturated rings. The molecule has 0 saturated carbocycles. The van der Waals surface area contributed by atoms with Crippen molar-refractivity contribution < 1.29 is 9.53 Å². The number of methoxy groups -OCH3 is 1. The first-order valence-electron chi connectivity index (χ1n) is 5.05. The molecule has 1 atom stereocenters. The minimum atomic E-state index is -0.154. The number of alkyl halides is 1. The Kier molecular flexibility index (Phi) is 5.25. The van der Waals surface area contributed by atoms with Crippen molar-refractivity contribution in [2.45, 2.75) is 19.4 Å². The highest BCUT2D eigenvalue weighted by Crippen LogP contribution is 2.13. The highest BCUT2D eigenvalue weighted by molar-refractivity contribution is 9.09. The maximum atomic E-state index is 11.9. The Morgan fingerprint density at radius 2 is 2.44 bits per heavy atom. The standard InChI is InChI=1S/C11H15BrN2O2/c1-8(5-6-12)14-10(15)9-4-3-7-13-11(9)16-2/h3-4,7-8H,5-6H2,1-2H3,(H,14,15). The summed E-state index contributed by atoms with van der Waals surface area (Å²) in [6.45, 7) is 1.96. The fraction of sp³-hybridized carbons (Fsp3) is 0.455. The third-order valence-corrected chi connectivity index (χ3v) is 2.59. The third-order valence-electron chi connectivity index (χ3n) is 2.13. The van der Waals surface area contributed by atoms with Gasteiger partial charge in [-0.05, 0) is 25.5 Å². The molecular formula is C11H15BrN2O2. The summed E-state index contributed by atoms with van der Waals surface area (Å²) in [5, 5.41) is 3.74. The predicted molar refractivity (Wildman–Crippen MR) is 66.1 cm³/mol. The second-order valence-electron chi connectivity index (χ2n) is 3.41. The zero-order valence-corrected chi connectivity index (χ0v) is 11.0. The van der Waals surface area contributed by atoms with E-state index < -0.39 is 0 Å². The molecule has 0 aliphatic heterocycles. The van der Waals surface area contributed by atoms with Crippen molar-refractivity contribution in [1.82, 2.24) is 10.3 Å². The van der Waals surface area contributed by atoms with E-state index >= 15 is 0 Å². The van der Waals surface area contributed by atoms with Gasteiger partial charge in [0.05, 0.1) is 7.11 Å². The van der Waals surface area contributed by atoms with Crippen LogP contribution in [0.3, 0.4) is 0 Å². The van der Waals surface area contributed by atoms with E-state index in [9.17, 15) is 4.79 Å². The second kappa shape index (κ2) is 6.48. The van der Waals surface area contributed by atoms with Crippen LogP contribution in [0, 0.1) is 0 Å². The Bertz CT molecular complexity index is 358. The molecule has 0 aliphatic carbocycles. The van der Waals surface area contributed by atoms with Crippen molar-refractivity contribution >= 4 is 21.8 Å². The van der Waals surface area contributed by atoms with Gasteiger partial charge in [-0.2, -0.15) is 0 Å². The van der Waals surface area contributed by atoms with E-state index in [1.807, 2.05) is 6.92 Å². The van der Waals surface area contributed by atoms with Crippen LogP contribution >= 0.6 is 15.9 Å². The van der Waals surface area contributed by atoms with Gasteiger partial charge in [-0.25, -0.2) is 4.98 Å². The van der Waals surface area contributed by atoms with Crippen LogP contribution in [0.4, 0.5) is 0 Å². The van der Waals surface area contributed by atoms with Crippen molar-refractivity contribution in [1.29, 1.82) is 0 Å². The van der Waals surface area contributed by atoms with Crippen molar-refractivity contribution in [2.24, 2.45) is 0 Å². The van der Waals surface area contributed by atoms with Crippen LogP contribution in [0.2, 0.25) is 0 Å². The van der Waals surface area contributed by atoms with E-state index in [1.165, 1.54) is 7.11 Å². The lowest BCUT2D eigenvalue weighted by atomic mass is 10.2. The van der Waals surface area contributed by atoms with Gasteiger partial charge in [-0.1, -0.05) is 15.9 Å². The van der Waals surface area contributed by atoms with Gasteiger partial charge < -0.3 is 10.1 Å². The molecule has 16 heavy (non-hydrogen) atoms. The van der Waals surface area contributed by atoms with Crippen LogP contribution in [0.25, 0.3) is 0 Å². The molecule has 1 aromatic heterocycles. The number of amides is 1. The molecule has 1 heterocycles. The van der Waals surface area contributed by atoms with E-state index in [0.29, 0.717) is 11.4 Å². The highest BCUT2D eigenvalue weighted by Gasteiger charge is 2.14. The number of rotatable bonds is 5. The smallest absolute Gasteiger partial charge is 0.256 e. The number of aromatic nitrogens is 1. The molecule has 1 rings (SSSR count). The fourth-order valence-electron chi connectivity index (χ4n) is 1.26. The van der Waals surface area contributed by atoms with Gasteiger partial charge in [0.1, 0.15) is 5.56 Å². The lowest BCUT2D eigenvalue weighted by Gasteiger charge is -2.13. The summed E-state index contributed by atoms with van der Waals surface area (Å²) in [7, 11) is 1.50. The van der Waals surface area contributed by atoms with Crippen LogP contribution in [0.5, 0.6) is 5.88 Å². The first-order chi connectivity index (χ1) is 7.69. The van der Waals surface area contributed by atoms with Gasteiger partial charge >= 0.3 is 0 Å². The third kappa shape index (κ3) is 3.48. The average molecular weight is 287 g/mol. The van der Waals surface area contributed by atoms with Gasteiger partial charge in [-0.3, -0.25) is 4.79 Å². The zero-order chi connectivity index (χ0) is 12.0. The van der Waals surface area contributed by atoms with Crippen LogP contribution in [-0.4, -0.2) is 29.4 Å². The number of halogens is 1. The molecule has 0 saturated heterocycles. The summed E-state index contributed by atoms with van der Waals surface area (Å²) in [4.78, 5) is 15.8. The lowest BCUT2D eigenvalue weighted by Crippen LogP contribution is -2.33. The summed E-state index contributed by atoms with van der Waals surface area (Å²) in [5.74, 6) is 0.199. The molecule has 0 radical (unpaired) electrons. The predicted octanol–water partition coefficient (Wildman–Crippen LogP) is 1.99. The number of nitrogens with one attached hydrogen (secondary N) is 1. The van der Waals surface area contributed by atoms with Crippen molar-refractivity contribution in [3.63, 3.8) is 0 Å². The van der Waals surface area contributed by atoms with Crippen molar-refractivity contribution in [3.05, 3.63) is 23.9 Å². The number of pyridine rings is 1. The van der Waals surface area contributed by atoms with Crippen LogP contribution in [0.1, 0.15) is 23.7 Å². The summed E-state index contributed by atoms with van der Waals surface area (Å²) in [6.07, 6.45) is 2.48. The van der Waals surface area contributed by atoms with E-state index in [0.717, 1.165) is 11.8 Å². The molecule has 4 nitrogen and oxygen atoms in total. The molecule has 1 amide bonds. The van der Waals surface area contributed by atoms with Gasteiger partial charge in [-0.15, -0.1) is 0 Å². The monoisotopic (exact) mass is 286 g/mol. The first kappa shape index (κ1) is 13.0. The summed E-state index contributed by atoms with van der Waals surface area (Å²) in [6, 6.07) is 3.53. The maximum absolute atomic E-state index is 11.9. The molecule has 5 heteroatoms. The Morgan fingerprint density at radius 1 is 1.69 bits per heavy atom. The number of nitrogens with zero attached hydrogens (tertiary/aromatic N) is 1. The maximum Gasteiger partial charge on any atom is 0.256 e. The molecule has 0 aromatic carbocycles. The fourth-order valence-corrected chi connectivity index (χ4v) is 1.95. The van der Waals surface area contributed by atoms with Gasteiger partial charge in [0.2, 0.25) is 5.88 Å². The minimum Gasteiger partial charge on any atom is -0.480 e. The van der Waals surface area contributed by atoms with E-state index in [1.54, 1.807) is 18.3 Å². The molecule has 1 aromatic rings. The van der Waals surface area contributed by atoms with E-state index in [2.05, 4.69) is 26.2 Å². The Labute approximate surface area is 104 Å². The quantitative estimate of drug-likeness (QED) is 0.843. The van der Waals surface area contributed by atoms with Gasteiger partial charge in [0, 0.05) is 17.6 Å². The highest BCUT2D eigenvalue weighted by atomic mass is 79.9. The summed E-state index contributed by atoms with van der Waals surface area (Å²) < 4.78 is 5.03. The lowest BCUT2D eigenvalue weighted by molar-refractivity contribution is 0.0936. The molecular weight excluding hydrogens is 272 g/mol. The van der Waals surface area contributed by atoms with E-state index in [4.69, 9.17) is 4.74 Å². The normalized spacial score (nSPS) is 11.9. The summed E-state index contributed by atoms with van der Waals surface area (Å²) in [5.41, 5.74) is 0.464. The number of ether oxygens (including phenoxy) is 1. The largest absolute Gasteiger partial charge is 0.480 e. The topological polar surface area (TPSA) is 51.2 Å². The SMILES string of the molecule is COc1ncccc1C(=O)NC(C)CCBr. The first-order valence-corrected chi connectivity index (χ1v) is 6.17. The molecule has 0 bridgehead atoms. The Balaban J connectivity index is 2.72. The molecule has 88 valence electrons. The van der Waals surface area contributed by atoms with Gasteiger partial charge in [0.15, 0.2) is 0 Å². The summed E-state index contributed by atoms with van der Waals surface area (Å²) >= 11 is 3.34. The van der Waals surface area contributed by atoms with Crippen LogP contribution in [0.15, 0.2) is 18.3 Å². The van der Waals surface area contributed by atoms with Crippen molar-refractivity contribution in [3.8, 4) is 5.88 Å². The minimum absolute atomic E-state index is 0.122. The zero-order valence-electron chi connectivity index (χ0n) is 9.37. The molecule has 0 spiro atoms. The second-order valence-corrected chi connectivity index (χ2v) is 4.21.